The summed E-state index contributed by atoms with van der Waals surface area (Å²) in [6.07, 6.45) is 0. The van der Waals surface area contributed by atoms with Crippen LogP contribution in [0.2, 0.25) is 10.0 Å². The van der Waals surface area contributed by atoms with Crippen LogP contribution in [0.3, 0.4) is 0 Å². The molecule has 0 spiro atoms. The number of hydrogen-bond donors (Lipinski definition) is 0. The molecule has 2 aromatic carbocycles. The second kappa shape index (κ2) is 4.91. The van der Waals surface area contributed by atoms with E-state index in [2.05, 4.69) is 0 Å². The zero-order chi connectivity index (χ0) is 12.4. The molecule has 1 nitrogen and oxygen atoms in total. The van der Waals surface area contributed by atoms with Crippen molar-refractivity contribution in [2.75, 3.05) is 0 Å². The molecule has 86 valence electrons. The number of halogens is 2. The predicted octanol–water partition coefficient (Wildman–Crippen LogP) is 4.53. The summed E-state index contributed by atoms with van der Waals surface area (Å²) in [6.45, 7) is 1.85. The largest absolute Gasteiger partial charge is 0.288 e. The number of carbonyl (C=O) groups excluding carboxylic acids is 1. The van der Waals surface area contributed by atoms with E-state index in [1.807, 2.05) is 25.1 Å². The smallest absolute Gasteiger partial charge is 0.196 e. The lowest BCUT2D eigenvalue weighted by molar-refractivity contribution is 0.103. The third-order valence-electron chi connectivity index (χ3n) is 2.55. The minimum absolute atomic E-state index is 0.149. The van der Waals surface area contributed by atoms with Crippen LogP contribution in [0.25, 0.3) is 0 Å². The molecule has 0 N–H and O–H groups in total. The maximum absolute atomic E-state index is 12.3. The molecule has 0 atom stereocenters. The summed E-state index contributed by atoms with van der Waals surface area (Å²) in [7, 11) is 0. The third kappa shape index (κ3) is 2.36. The molecule has 0 saturated heterocycles. The Bertz CT molecular complexity index is 562. The lowest BCUT2D eigenvalue weighted by Crippen LogP contribution is -2.03. The van der Waals surface area contributed by atoms with Crippen LogP contribution in [-0.4, -0.2) is 5.78 Å². The number of aryl methyl sites for hydroxylation is 1. The van der Waals surface area contributed by atoms with Crippen LogP contribution in [0.1, 0.15) is 21.5 Å². The highest BCUT2D eigenvalue weighted by Crippen LogP contribution is 2.29. The molecule has 0 aliphatic rings. The average molecular weight is 265 g/mol. The standard InChI is InChI=1S/C14H10Cl2O/c1-9-7-8-11(15)12(13(9)16)14(17)10-5-3-2-4-6-10/h2-8H,1H3. The van der Waals surface area contributed by atoms with E-state index in [0.29, 0.717) is 21.2 Å². The van der Waals surface area contributed by atoms with E-state index < -0.39 is 0 Å². The topological polar surface area (TPSA) is 17.1 Å². The van der Waals surface area contributed by atoms with E-state index in [0.717, 1.165) is 5.56 Å². The quantitative estimate of drug-likeness (QED) is 0.729. The lowest BCUT2D eigenvalue weighted by Gasteiger charge is -2.08. The highest BCUT2D eigenvalue weighted by Gasteiger charge is 2.17. The summed E-state index contributed by atoms with van der Waals surface area (Å²) in [4.78, 5) is 12.3. The van der Waals surface area contributed by atoms with Crippen molar-refractivity contribution in [3.05, 3.63) is 69.2 Å². The second-order valence-electron chi connectivity index (χ2n) is 3.75. The van der Waals surface area contributed by atoms with E-state index >= 15 is 0 Å². The first kappa shape index (κ1) is 12.2. The maximum atomic E-state index is 12.3. The summed E-state index contributed by atoms with van der Waals surface area (Å²) in [5.74, 6) is -0.149. The first-order valence-electron chi connectivity index (χ1n) is 5.15. The zero-order valence-electron chi connectivity index (χ0n) is 9.21. The van der Waals surface area contributed by atoms with Gasteiger partial charge in [-0.15, -0.1) is 0 Å². The second-order valence-corrected chi connectivity index (χ2v) is 4.53. The number of carbonyl (C=O) groups is 1. The van der Waals surface area contributed by atoms with Crippen LogP contribution in [0.4, 0.5) is 0 Å². The van der Waals surface area contributed by atoms with Crippen LogP contribution in [0, 0.1) is 6.92 Å². The molecule has 2 aromatic rings. The molecule has 0 aliphatic heterocycles. The van der Waals surface area contributed by atoms with Gasteiger partial charge in [-0.3, -0.25) is 4.79 Å². The first-order chi connectivity index (χ1) is 8.11. The van der Waals surface area contributed by atoms with Crippen molar-refractivity contribution in [2.24, 2.45) is 0 Å². The third-order valence-corrected chi connectivity index (χ3v) is 3.35. The van der Waals surface area contributed by atoms with Gasteiger partial charge in [0.15, 0.2) is 5.78 Å². The number of ketones is 1. The van der Waals surface area contributed by atoms with E-state index in [4.69, 9.17) is 23.2 Å². The monoisotopic (exact) mass is 264 g/mol. The van der Waals surface area contributed by atoms with Crippen molar-refractivity contribution in [1.29, 1.82) is 0 Å². The predicted molar refractivity (Wildman–Crippen MR) is 71.1 cm³/mol. The minimum Gasteiger partial charge on any atom is -0.288 e. The number of rotatable bonds is 2. The molecule has 0 radical (unpaired) electrons. The summed E-state index contributed by atoms with van der Waals surface area (Å²) < 4.78 is 0. The van der Waals surface area contributed by atoms with Crippen molar-refractivity contribution < 1.29 is 4.79 Å². The number of hydrogen-bond acceptors (Lipinski definition) is 1. The SMILES string of the molecule is Cc1ccc(Cl)c(C(=O)c2ccccc2)c1Cl. The van der Waals surface area contributed by atoms with Gasteiger partial charge in [-0.1, -0.05) is 59.6 Å². The van der Waals surface area contributed by atoms with Crippen molar-refractivity contribution in [3.8, 4) is 0 Å². The summed E-state index contributed by atoms with van der Waals surface area (Å²) >= 11 is 12.2. The van der Waals surface area contributed by atoms with Gasteiger partial charge in [-0.25, -0.2) is 0 Å². The Balaban J connectivity index is 2.56. The molecule has 3 heteroatoms. The molecule has 0 unspecified atom stereocenters. The van der Waals surface area contributed by atoms with E-state index in [1.54, 1.807) is 24.3 Å². The molecular formula is C14H10Cl2O. The fourth-order valence-electron chi connectivity index (χ4n) is 1.60. The fraction of sp³-hybridized carbons (Fsp3) is 0.0714. The molecule has 0 aromatic heterocycles. The molecule has 0 saturated carbocycles. The summed E-state index contributed by atoms with van der Waals surface area (Å²) in [6, 6.07) is 12.5. The normalized spacial score (nSPS) is 10.3. The van der Waals surface area contributed by atoms with Gasteiger partial charge < -0.3 is 0 Å². The minimum atomic E-state index is -0.149. The van der Waals surface area contributed by atoms with Gasteiger partial charge in [-0.2, -0.15) is 0 Å². The summed E-state index contributed by atoms with van der Waals surface area (Å²) in [5, 5.41) is 0.806. The van der Waals surface area contributed by atoms with Crippen molar-refractivity contribution in [3.63, 3.8) is 0 Å². The van der Waals surface area contributed by atoms with Crippen molar-refractivity contribution in [1.82, 2.24) is 0 Å². The van der Waals surface area contributed by atoms with Crippen LogP contribution in [0.5, 0.6) is 0 Å². The first-order valence-corrected chi connectivity index (χ1v) is 5.91. The average Bonchev–Trinajstić information content (AvgIpc) is 2.35. The van der Waals surface area contributed by atoms with Crippen LogP contribution in [-0.2, 0) is 0 Å². The molecule has 0 aliphatic carbocycles. The van der Waals surface area contributed by atoms with Gasteiger partial charge in [0.25, 0.3) is 0 Å². The lowest BCUT2D eigenvalue weighted by atomic mass is 10.0. The van der Waals surface area contributed by atoms with E-state index in [-0.39, 0.29) is 5.78 Å². The molecular weight excluding hydrogens is 255 g/mol. The van der Waals surface area contributed by atoms with Crippen molar-refractivity contribution >= 4 is 29.0 Å². The number of benzene rings is 2. The fourth-order valence-corrected chi connectivity index (χ4v) is 2.14. The highest BCUT2D eigenvalue weighted by molar-refractivity contribution is 6.41. The molecule has 0 fully saturated rings. The Kier molecular flexibility index (Phi) is 3.51. The Morgan fingerprint density at radius 1 is 1.00 bits per heavy atom. The van der Waals surface area contributed by atoms with Crippen LogP contribution < -0.4 is 0 Å². The molecule has 0 amide bonds. The van der Waals surface area contributed by atoms with Crippen LogP contribution in [0.15, 0.2) is 42.5 Å². The van der Waals surface area contributed by atoms with Gasteiger partial charge in [0, 0.05) is 5.56 Å². The molecule has 2 rings (SSSR count). The van der Waals surface area contributed by atoms with Crippen LogP contribution >= 0.6 is 23.2 Å². The highest BCUT2D eigenvalue weighted by atomic mass is 35.5. The molecule has 0 heterocycles. The maximum Gasteiger partial charge on any atom is 0.196 e. The van der Waals surface area contributed by atoms with Gasteiger partial charge in [0.05, 0.1) is 15.6 Å². The van der Waals surface area contributed by atoms with Gasteiger partial charge in [0.2, 0.25) is 0 Å². The van der Waals surface area contributed by atoms with E-state index in [9.17, 15) is 4.79 Å². The van der Waals surface area contributed by atoms with Gasteiger partial charge in [0.1, 0.15) is 0 Å². The Morgan fingerprint density at radius 3 is 2.29 bits per heavy atom. The molecule has 0 bridgehead atoms. The zero-order valence-corrected chi connectivity index (χ0v) is 10.7. The van der Waals surface area contributed by atoms with Gasteiger partial charge in [-0.05, 0) is 18.6 Å². The van der Waals surface area contributed by atoms with E-state index in [1.165, 1.54) is 0 Å². The van der Waals surface area contributed by atoms with Crippen molar-refractivity contribution in [2.45, 2.75) is 6.92 Å². The van der Waals surface area contributed by atoms with Gasteiger partial charge >= 0.3 is 0 Å². The Morgan fingerprint density at radius 2 is 1.65 bits per heavy atom. The Hall–Kier alpha value is -1.31. The Labute approximate surface area is 110 Å². The summed E-state index contributed by atoms with van der Waals surface area (Å²) in [5.41, 5.74) is 1.80. The molecule has 17 heavy (non-hydrogen) atoms.